The third-order valence-corrected chi connectivity index (χ3v) is 2.09. The number of hydrogen-bond acceptors (Lipinski definition) is 1. The minimum atomic E-state index is 0.375. The van der Waals surface area contributed by atoms with Gasteiger partial charge < -0.3 is 11.1 Å². The van der Waals surface area contributed by atoms with Crippen LogP contribution in [0.1, 0.15) is 5.56 Å². The van der Waals surface area contributed by atoms with Crippen LogP contribution in [0.25, 0.3) is 0 Å². The Morgan fingerprint density at radius 1 is 1.54 bits per heavy atom. The summed E-state index contributed by atoms with van der Waals surface area (Å²) in [6.45, 7) is 1.95. The molecule has 0 aliphatic rings. The van der Waals surface area contributed by atoms with Crippen molar-refractivity contribution >= 4 is 23.2 Å². The highest BCUT2D eigenvalue weighted by Gasteiger charge is 1.97. The highest BCUT2D eigenvalue weighted by atomic mass is 35.5. The topological polar surface area (TPSA) is 50.4 Å². The largest absolute Gasteiger partial charge is 0.370 e. The van der Waals surface area contributed by atoms with E-state index in [4.69, 9.17) is 17.3 Å². The molecule has 4 heteroatoms. The van der Waals surface area contributed by atoms with E-state index in [-0.39, 0.29) is 0 Å². The van der Waals surface area contributed by atoms with Crippen molar-refractivity contribution in [3.8, 4) is 0 Å². The summed E-state index contributed by atoms with van der Waals surface area (Å²) in [5.41, 5.74) is 7.38. The molecular formula is C9H12ClN3. The standard InChI is InChI=1S/C9H12ClN3/c1-6-3-4-7(5-8(6)10)13-9(11)12-2/h3-5H,1-2H3,(H3,11,12,13). The molecular weight excluding hydrogens is 186 g/mol. The van der Waals surface area contributed by atoms with Crippen LogP contribution in [-0.4, -0.2) is 13.0 Å². The van der Waals surface area contributed by atoms with Gasteiger partial charge in [-0.05, 0) is 24.6 Å². The van der Waals surface area contributed by atoms with Gasteiger partial charge in [-0.15, -0.1) is 0 Å². The Bertz CT molecular complexity index is 334. The Labute approximate surface area is 82.6 Å². The van der Waals surface area contributed by atoms with Crippen LogP contribution < -0.4 is 11.1 Å². The van der Waals surface area contributed by atoms with Crippen molar-refractivity contribution in [2.75, 3.05) is 12.4 Å². The fourth-order valence-corrected chi connectivity index (χ4v) is 1.05. The number of aliphatic imine (C=N–C) groups is 1. The van der Waals surface area contributed by atoms with Crippen LogP contribution in [-0.2, 0) is 0 Å². The van der Waals surface area contributed by atoms with Crippen LogP contribution in [0.3, 0.4) is 0 Å². The molecule has 0 spiro atoms. The summed E-state index contributed by atoms with van der Waals surface area (Å²) in [4.78, 5) is 3.78. The summed E-state index contributed by atoms with van der Waals surface area (Å²) in [6, 6.07) is 5.64. The molecule has 0 aliphatic heterocycles. The smallest absolute Gasteiger partial charge is 0.192 e. The highest BCUT2D eigenvalue weighted by molar-refractivity contribution is 6.31. The first kappa shape index (κ1) is 9.86. The summed E-state index contributed by atoms with van der Waals surface area (Å²) in [5, 5.41) is 3.62. The van der Waals surface area contributed by atoms with Crippen LogP contribution in [0.4, 0.5) is 5.69 Å². The SMILES string of the molecule is CN=C(N)Nc1ccc(C)c(Cl)c1. The molecule has 0 fully saturated rings. The fourth-order valence-electron chi connectivity index (χ4n) is 0.874. The second-order valence-corrected chi connectivity index (χ2v) is 3.11. The van der Waals surface area contributed by atoms with Crippen LogP contribution in [0.5, 0.6) is 0 Å². The van der Waals surface area contributed by atoms with Crippen LogP contribution in [0, 0.1) is 6.92 Å². The van der Waals surface area contributed by atoms with Crippen molar-refractivity contribution in [2.24, 2.45) is 10.7 Å². The zero-order chi connectivity index (χ0) is 9.84. The quantitative estimate of drug-likeness (QED) is 0.535. The number of hydrogen-bond donors (Lipinski definition) is 2. The third kappa shape index (κ3) is 2.63. The summed E-state index contributed by atoms with van der Waals surface area (Å²) >= 11 is 5.92. The van der Waals surface area contributed by atoms with E-state index in [0.29, 0.717) is 11.0 Å². The molecule has 70 valence electrons. The van der Waals surface area contributed by atoms with Crippen molar-refractivity contribution in [3.05, 3.63) is 28.8 Å². The number of rotatable bonds is 1. The van der Waals surface area contributed by atoms with Gasteiger partial charge in [0, 0.05) is 17.8 Å². The molecule has 0 saturated carbocycles. The van der Waals surface area contributed by atoms with Crippen LogP contribution in [0.2, 0.25) is 5.02 Å². The number of anilines is 1. The van der Waals surface area contributed by atoms with E-state index >= 15 is 0 Å². The van der Waals surface area contributed by atoms with Gasteiger partial charge in [0.15, 0.2) is 5.96 Å². The predicted molar refractivity (Wildman–Crippen MR) is 57.4 cm³/mol. The predicted octanol–water partition coefficient (Wildman–Crippen LogP) is 2.00. The molecule has 0 radical (unpaired) electrons. The molecule has 0 atom stereocenters. The number of nitrogens with zero attached hydrogens (tertiary/aromatic N) is 1. The lowest BCUT2D eigenvalue weighted by atomic mass is 10.2. The maximum absolute atomic E-state index is 5.92. The van der Waals surface area contributed by atoms with Gasteiger partial charge in [0.05, 0.1) is 0 Å². The zero-order valence-corrected chi connectivity index (χ0v) is 8.39. The molecule has 0 aromatic heterocycles. The number of nitrogens with two attached hydrogens (primary N) is 1. The molecule has 0 saturated heterocycles. The summed E-state index contributed by atoms with van der Waals surface area (Å²) in [6.07, 6.45) is 0. The highest BCUT2D eigenvalue weighted by Crippen LogP contribution is 2.19. The molecule has 1 aromatic rings. The summed E-state index contributed by atoms with van der Waals surface area (Å²) in [7, 11) is 1.62. The average molecular weight is 198 g/mol. The van der Waals surface area contributed by atoms with Crippen LogP contribution in [0.15, 0.2) is 23.2 Å². The van der Waals surface area contributed by atoms with Crippen molar-refractivity contribution < 1.29 is 0 Å². The molecule has 0 heterocycles. The first-order valence-corrected chi connectivity index (χ1v) is 4.26. The summed E-state index contributed by atoms with van der Waals surface area (Å²) < 4.78 is 0. The first-order valence-electron chi connectivity index (χ1n) is 3.89. The van der Waals surface area contributed by atoms with Gasteiger partial charge >= 0.3 is 0 Å². The van der Waals surface area contributed by atoms with Gasteiger partial charge in [-0.3, -0.25) is 4.99 Å². The minimum Gasteiger partial charge on any atom is -0.370 e. The molecule has 3 N–H and O–H groups in total. The van der Waals surface area contributed by atoms with Gasteiger partial charge in [-0.2, -0.15) is 0 Å². The van der Waals surface area contributed by atoms with E-state index in [9.17, 15) is 0 Å². The monoisotopic (exact) mass is 197 g/mol. The normalized spacial score (nSPS) is 11.5. The lowest BCUT2D eigenvalue weighted by Crippen LogP contribution is -2.21. The molecule has 0 aliphatic carbocycles. The van der Waals surface area contributed by atoms with E-state index in [0.717, 1.165) is 11.3 Å². The van der Waals surface area contributed by atoms with E-state index in [1.54, 1.807) is 7.05 Å². The van der Waals surface area contributed by atoms with E-state index in [1.807, 2.05) is 25.1 Å². The number of guanidine groups is 1. The lowest BCUT2D eigenvalue weighted by Gasteiger charge is -2.05. The van der Waals surface area contributed by atoms with Gasteiger partial charge in [0.2, 0.25) is 0 Å². The summed E-state index contributed by atoms with van der Waals surface area (Å²) in [5.74, 6) is 0.375. The molecule has 3 nitrogen and oxygen atoms in total. The Balaban J connectivity index is 2.86. The lowest BCUT2D eigenvalue weighted by molar-refractivity contribution is 1.37. The van der Waals surface area contributed by atoms with Gasteiger partial charge in [0.1, 0.15) is 0 Å². The molecule has 0 bridgehead atoms. The second kappa shape index (κ2) is 4.14. The van der Waals surface area contributed by atoms with Gasteiger partial charge in [-0.1, -0.05) is 17.7 Å². The third-order valence-electron chi connectivity index (χ3n) is 1.69. The first-order chi connectivity index (χ1) is 6.13. The average Bonchev–Trinajstić information content (AvgIpc) is 2.11. The van der Waals surface area contributed by atoms with E-state index in [1.165, 1.54) is 0 Å². The van der Waals surface area contributed by atoms with E-state index < -0.39 is 0 Å². The maximum Gasteiger partial charge on any atom is 0.192 e. The van der Waals surface area contributed by atoms with Crippen molar-refractivity contribution in [1.29, 1.82) is 0 Å². The Morgan fingerprint density at radius 3 is 2.77 bits per heavy atom. The zero-order valence-electron chi connectivity index (χ0n) is 7.63. The fraction of sp³-hybridized carbons (Fsp3) is 0.222. The number of benzene rings is 1. The van der Waals surface area contributed by atoms with Gasteiger partial charge in [0.25, 0.3) is 0 Å². The number of aryl methyl sites for hydroxylation is 1. The number of halogens is 1. The van der Waals surface area contributed by atoms with Crippen molar-refractivity contribution in [1.82, 2.24) is 0 Å². The van der Waals surface area contributed by atoms with Gasteiger partial charge in [-0.25, -0.2) is 0 Å². The Hall–Kier alpha value is -1.22. The van der Waals surface area contributed by atoms with Crippen molar-refractivity contribution in [3.63, 3.8) is 0 Å². The minimum absolute atomic E-state index is 0.375. The van der Waals surface area contributed by atoms with E-state index in [2.05, 4.69) is 10.3 Å². The number of nitrogens with one attached hydrogen (secondary N) is 1. The molecule has 1 aromatic carbocycles. The molecule has 1 rings (SSSR count). The Kier molecular flexibility index (Phi) is 3.14. The van der Waals surface area contributed by atoms with Crippen LogP contribution >= 0.6 is 11.6 Å². The molecule has 0 unspecified atom stereocenters. The Morgan fingerprint density at radius 2 is 2.23 bits per heavy atom. The second-order valence-electron chi connectivity index (χ2n) is 2.70. The molecule has 0 amide bonds. The maximum atomic E-state index is 5.92. The van der Waals surface area contributed by atoms with Crippen molar-refractivity contribution in [2.45, 2.75) is 6.92 Å². The molecule has 13 heavy (non-hydrogen) atoms.